The Labute approximate surface area is 103 Å². The molecule has 1 unspecified atom stereocenters. The number of unbranched alkanes of at least 4 members (excludes halogenated alkanes) is 10. The average Bonchev–Trinajstić information content (AvgIpc) is 2.25. The Hall–Kier alpha value is -0.0400. The molecule has 0 aromatic rings. The van der Waals surface area contributed by atoms with E-state index < -0.39 is 0 Å². The first-order valence-corrected chi connectivity index (χ1v) is 7.28. The Balaban J connectivity index is 2.88. The molecule has 0 bridgehead atoms. The third kappa shape index (κ3) is 14.0. The molecule has 0 fully saturated rings. The smallest absolute Gasteiger partial charge is 0.0541 e. The largest absolute Gasteiger partial charge is 0.393 e. The van der Waals surface area contributed by atoms with Gasteiger partial charge in [-0.15, -0.1) is 0 Å². The van der Waals surface area contributed by atoms with Crippen LogP contribution in [-0.2, 0) is 0 Å². The van der Waals surface area contributed by atoms with Crippen LogP contribution in [0.5, 0.6) is 0 Å². The molecule has 1 atom stereocenters. The van der Waals surface area contributed by atoms with Crippen LogP contribution < -0.4 is 0 Å². The molecular formula is C15H31O. The lowest BCUT2D eigenvalue weighted by Gasteiger charge is -2.04. The van der Waals surface area contributed by atoms with Crippen LogP contribution in [0.25, 0.3) is 0 Å². The predicted octanol–water partition coefficient (Wildman–Crippen LogP) is 4.88. The predicted molar refractivity (Wildman–Crippen MR) is 72.4 cm³/mol. The van der Waals surface area contributed by atoms with Gasteiger partial charge >= 0.3 is 0 Å². The van der Waals surface area contributed by atoms with Crippen LogP contribution in [0, 0.1) is 6.92 Å². The fourth-order valence-corrected chi connectivity index (χ4v) is 2.04. The lowest BCUT2D eigenvalue weighted by atomic mass is 10.0. The third-order valence-corrected chi connectivity index (χ3v) is 3.14. The summed E-state index contributed by atoms with van der Waals surface area (Å²) in [5.41, 5.74) is 0. The molecule has 1 N–H and O–H groups in total. The number of aliphatic hydroxyl groups is 1. The molecular weight excluding hydrogens is 196 g/mol. The van der Waals surface area contributed by atoms with Gasteiger partial charge in [-0.2, -0.15) is 0 Å². The number of rotatable bonds is 12. The molecule has 97 valence electrons. The van der Waals surface area contributed by atoms with E-state index in [9.17, 15) is 0 Å². The zero-order chi connectivity index (χ0) is 12.1. The number of hydrogen-bond donors (Lipinski definition) is 1. The lowest BCUT2D eigenvalue weighted by molar-refractivity contribution is 0.205. The van der Waals surface area contributed by atoms with Crippen molar-refractivity contribution in [1.82, 2.24) is 0 Å². The molecule has 0 heterocycles. The molecule has 0 aromatic heterocycles. The van der Waals surface area contributed by atoms with E-state index in [-0.39, 0.29) is 6.10 Å². The highest BCUT2D eigenvalue weighted by atomic mass is 16.3. The van der Waals surface area contributed by atoms with Gasteiger partial charge in [-0.05, 0) is 13.3 Å². The van der Waals surface area contributed by atoms with Crippen molar-refractivity contribution in [2.75, 3.05) is 0 Å². The average molecular weight is 227 g/mol. The van der Waals surface area contributed by atoms with Crippen LogP contribution >= 0.6 is 0 Å². The fraction of sp³-hybridized carbons (Fsp3) is 0.933. The Morgan fingerprint density at radius 2 is 1.12 bits per heavy atom. The van der Waals surface area contributed by atoms with Crippen LogP contribution in [0.1, 0.15) is 84.0 Å². The van der Waals surface area contributed by atoms with Crippen molar-refractivity contribution in [2.24, 2.45) is 0 Å². The second kappa shape index (κ2) is 13.0. The molecule has 1 radical (unpaired) electrons. The van der Waals surface area contributed by atoms with Gasteiger partial charge in [0.2, 0.25) is 0 Å². The van der Waals surface area contributed by atoms with Crippen molar-refractivity contribution in [2.45, 2.75) is 90.1 Å². The Morgan fingerprint density at radius 3 is 1.50 bits per heavy atom. The first-order valence-electron chi connectivity index (χ1n) is 7.28. The van der Waals surface area contributed by atoms with Crippen molar-refractivity contribution in [1.29, 1.82) is 0 Å². The monoisotopic (exact) mass is 227 g/mol. The first-order chi connectivity index (χ1) is 7.77. The summed E-state index contributed by atoms with van der Waals surface area (Å²) in [5, 5.41) is 8.98. The SMILES string of the molecule is [CH2]C(O)CCCCCCCCCCCCC. The molecule has 0 rings (SSSR count). The Kier molecular flexibility index (Phi) is 13.0. The van der Waals surface area contributed by atoms with E-state index in [1.54, 1.807) is 0 Å². The Morgan fingerprint density at radius 1 is 0.750 bits per heavy atom. The molecule has 0 aliphatic heterocycles. The van der Waals surface area contributed by atoms with Crippen molar-refractivity contribution >= 4 is 0 Å². The van der Waals surface area contributed by atoms with Gasteiger partial charge in [0, 0.05) is 0 Å². The normalized spacial score (nSPS) is 12.9. The van der Waals surface area contributed by atoms with Crippen molar-refractivity contribution in [3.05, 3.63) is 6.92 Å². The zero-order valence-electron chi connectivity index (χ0n) is 11.2. The molecule has 16 heavy (non-hydrogen) atoms. The quantitative estimate of drug-likeness (QED) is 0.471. The van der Waals surface area contributed by atoms with Gasteiger partial charge in [0.15, 0.2) is 0 Å². The molecule has 0 saturated heterocycles. The summed E-state index contributed by atoms with van der Waals surface area (Å²) in [6.07, 6.45) is 15.5. The zero-order valence-corrected chi connectivity index (χ0v) is 11.2. The highest BCUT2D eigenvalue weighted by molar-refractivity contribution is 4.56. The second-order valence-electron chi connectivity index (χ2n) is 4.98. The molecule has 0 amide bonds. The van der Waals surface area contributed by atoms with Crippen molar-refractivity contribution < 1.29 is 5.11 Å². The minimum absolute atomic E-state index is 0.349. The summed E-state index contributed by atoms with van der Waals surface area (Å²) < 4.78 is 0. The summed E-state index contributed by atoms with van der Waals surface area (Å²) >= 11 is 0. The van der Waals surface area contributed by atoms with E-state index >= 15 is 0 Å². The summed E-state index contributed by atoms with van der Waals surface area (Å²) in [6.45, 7) is 5.84. The van der Waals surface area contributed by atoms with E-state index in [4.69, 9.17) is 5.11 Å². The van der Waals surface area contributed by atoms with Gasteiger partial charge in [-0.1, -0.05) is 77.6 Å². The molecule has 0 aromatic carbocycles. The van der Waals surface area contributed by atoms with Crippen molar-refractivity contribution in [3.8, 4) is 0 Å². The van der Waals surface area contributed by atoms with Gasteiger partial charge in [0.1, 0.15) is 0 Å². The molecule has 0 saturated carbocycles. The highest BCUT2D eigenvalue weighted by Gasteiger charge is 1.96. The van der Waals surface area contributed by atoms with Crippen molar-refractivity contribution in [3.63, 3.8) is 0 Å². The van der Waals surface area contributed by atoms with Crippen LogP contribution in [-0.4, -0.2) is 11.2 Å². The van der Waals surface area contributed by atoms with Crippen LogP contribution in [0.2, 0.25) is 0 Å². The van der Waals surface area contributed by atoms with Crippen LogP contribution in [0.3, 0.4) is 0 Å². The second-order valence-corrected chi connectivity index (χ2v) is 4.98. The molecule has 1 heteroatoms. The lowest BCUT2D eigenvalue weighted by Crippen LogP contribution is -1.98. The van der Waals surface area contributed by atoms with Crippen LogP contribution in [0.4, 0.5) is 0 Å². The molecule has 1 nitrogen and oxygen atoms in total. The minimum Gasteiger partial charge on any atom is -0.393 e. The van der Waals surface area contributed by atoms with E-state index in [1.807, 2.05) is 0 Å². The van der Waals surface area contributed by atoms with Gasteiger partial charge in [0.05, 0.1) is 6.10 Å². The van der Waals surface area contributed by atoms with E-state index in [0.717, 1.165) is 12.8 Å². The summed E-state index contributed by atoms with van der Waals surface area (Å²) in [6, 6.07) is 0. The maximum Gasteiger partial charge on any atom is 0.0541 e. The van der Waals surface area contributed by atoms with Gasteiger partial charge in [-0.3, -0.25) is 0 Å². The summed E-state index contributed by atoms with van der Waals surface area (Å²) in [4.78, 5) is 0. The maximum atomic E-state index is 8.98. The summed E-state index contributed by atoms with van der Waals surface area (Å²) in [5.74, 6) is 0. The van der Waals surface area contributed by atoms with Gasteiger partial charge < -0.3 is 5.11 Å². The molecule has 0 spiro atoms. The number of hydrogen-bond acceptors (Lipinski definition) is 1. The van der Waals surface area contributed by atoms with Gasteiger partial charge in [0.25, 0.3) is 0 Å². The minimum atomic E-state index is -0.349. The Bertz CT molecular complexity index is 121. The maximum absolute atomic E-state index is 8.98. The third-order valence-electron chi connectivity index (χ3n) is 3.14. The first kappa shape index (κ1) is 16.0. The standard InChI is InChI=1S/C15H31O/c1-3-4-5-6-7-8-9-10-11-12-13-14-15(2)16/h15-16H,2-14H2,1H3. The fourth-order valence-electron chi connectivity index (χ4n) is 2.04. The topological polar surface area (TPSA) is 20.2 Å². The molecule has 0 aliphatic rings. The number of aliphatic hydroxyl groups excluding tert-OH is 1. The van der Waals surface area contributed by atoms with E-state index in [2.05, 4.69) is 13.8 Å². The van der Waals surface area contributed by atoms with Crippen LogP contribution in [0.15, 0.2) is 0 Å². The highest BCUT2D eigenvalue weighted by Crippen LogP contribution is 2.12. The molecule has 0 aliphatic carbocycles. The van der Waals surface area contributed by atoms with Gasteiger partial charge in [-0.25, -0.2) is 0 Å². The van der Waals surface area contributed by atoms with E-state index in [0.29, 0.717) is 0 Å². The van der Waals surface area contributed by atoms with E-state index in [1.165, 1.54) is 64.2 Å². The summed E-state index contributed by atoms with van der Waals surface area (Å²) in [7, 11) is 0.